The molecule has 0 aromatic carbocycles. The second-order valence-corrected chi connectivity index (χ2v) is 4.60. The predicted molar refractivity (Wildman–Crippen MR) is 51.4 cm³/mol. The lowest BCUT2D eigenvalue weighted by atomic mass is 9.68. The van der Waals surface area contributed by atoms with Gasteiger partial charge in [-0.05, 0) is 19.8 Å². The minimum Gasteiger partial charge on any atom is -0.300 e. The lowest BCUT2D eigenvalue weighted by Crippen LogP contribution is -2.37. The Morgan fingerprint density at radius 1 is 1.62 bits per heavy atom. The number of Topliss-reactive ketones (excluding diaryl/α,β-unsaturated/α-hetero) is 2. The molecule has 0 saturated heterocycles. The zero-order valence-corrected chi connectivity index (χ0v) is 8.72. The fourth-order valence-corrected chi connectivity index (χ4v) is 2.37. The molecule has 0 radical (unpaired) electrons. The van der Waals surface area contributed by atoms with E-state index in [9.17, 15) is 9.59 Å². The molecule has 0 aliphatic heterocycles. The molecule has 0 amide bonds. The molecule has 2 nitrogen and oxygen atoms in total. The quantitative estimate of drug-likeness (QED) is 0.657. The maximum absolute atomic E-state index is 11.8. The van der Waals surface area contributed by atoms with Crippen LogP contribution in [0.15, 0.2) is 0 Å². The van der Waals surface area contributed by atoms with Crippen LogP contribution in [0.1, 0.15) is 46.5 Å². The fraction of sp³-hybridized carbons (Fsp3) is 0.818. The average molecular weight is 182 g/mol. The molecule has 0 heterocycles. The Bertz CT molecular complexity index is 232. The van der Waals surface area contributed by atoms with Gasteiger partial charge in [0.1, 0.15) is 11.6 Å². The highest BCUT2D eigenvalue weighted by atomic mass is 16.1. The molecule has 1 aliphatic rings. The summed E-state index contributed by atoms with van der Waals surface area (Å²) in [5, 5.41) is 0. The van der Waals surface area contributed by atoms with Gasteiger partial charge >= 0.3 is 0 Å². The van der Waals surface area contributed by atoms with Gasteiger partial charge in [-0.25, -0.2) is 0 Å². The molecule has 2 atom stereocenters. The highest BCUT2D eigenvalue weighted by Crippen LogP contribution is 2.38. The van der Waals surface area contributed by atoms with Crippen molar-refractivity contribution in [3.05, 3.63) is 0 Å². The monoisotopic (exact) mass is 182 g/mol. The van der Waals surface area contributed by atoms with Crippen LogP contribution in [0.4, 0.5) is 0 Å². The van der Waals surface area contributed by atoms with E-state index in [2.05, 4.69) is 0 Å². The van der Waals surface area contributed by atoms with Crippen molar-refractivity contribution in [1.29, 1.82) is 0 Å². The van der Waals surface area contributed by atoms with Gasteiger partial charge < -0.3 is 0 Å². The molecule has 1 fully saturated rings. The van der Waals surface area contributed by atoms with Crippen LogP contribution in [0.3, 0.4) is 0 Å². The molecule has 0 bridgehead atoms. The Hall–Kier alpha value is -0.660. The Morgan fingerprint density at radius 2 is 2.23 bits per heavy atom. The van der Waals surface area contributed by atoms with Crippen LogP contribution in [0, 0.1) is 11.3 Å². The van der Waals surface area contributed by atoms with Gasteiger partial charge in [-0.15, -0.1) is 0 Å². The van der Waals surface area contributed by atoms with Gasteiger partial charge in [0.2, 0.25) is 0 Å². The number of ketones is 2. The molecule has 1 rings (SSSR count). The zero-order chi connectivity index (χ0) is 10.1. The highest BCUT2D eigenvalue weighted by molar-refractivity contribution is 5.91. The molecular formula is C11H18O2. The lowest BCUT2D eigenvalue weighted by Gasteiger charge is -2.34. The molecule has 1 aliphatic carbocycles. The van der Waals surface area contributed by atoms with Gasteiger partial charge in [-0.3, -0.25) is 9.59 Å². The Labute approximate surface area is 79.7 Å². The van der Waals surface area contributed by atoms with Gasteiger partial charge in [0, 0.05) is 17.8 Å². The SMILES string of the molecule is CC(=O)C[C@]1(C)CCC[C@@H](C)C1=O. The summed E-state index contributed by atoms with van der Waals surface area (Å²) >= 11 is 0. The van der Waals surface area contributed by atoms with Crippen LogP contribution in [0.25, 0.3) is 0 Å². The fourth-order valence-electron chi connectivity index (χ4n) is 2.37. The molecule has 2 heteroatoms. The molecule has 0 N–H and O–H groups in total. The third-order valence-electron chi connectivity index (χ3n) is 3.05. The maximum Gasteiger partial charge on any atom is 0.141 e. The molecule has 0 aromatic rings. The molecule has 0 unspecified atom stereocenters. The summed E-state index contributed by atoms with van der Waals surface area (Å²) in [7, 11) is 0. The number of carbonyl (C=O) groups is 2. The van der Waals surface area contributed by atoms with Crippen LogP contribution in [0.2, 0.25) is 0 Å². The van der Waals surface area contributed by atoms with Gasteiger partial charge in [-0.1, -0.05) is 20.3 Å². The summed E-state index contributed by atoms with van der Waals surface area (Å²) in [6.45, 7) is 5.48. The van der Waals surface area contributed by atoms with Crippen molar-refractivity contribution in [2.75, 3.05) is 0 Å². The summed E-state index contributed by atoms with van der Waals surface area (Å²) in [6.07, 6.45) is 3.38. The standard InChI is InChI=1S/C11H18O2/c1-8-5-4-6-11(3,10(8)13)7-9(2)12/h8H,4-7H2,1-3H3/t8-,11+/m1/s1. The third-order valence-corrected chi connectivity index (χ3v) is 3.05. The molecule has 74 valence electrons. The predicted octanol–water partition coefficient (Wildman–Crippen LogP) is 2.36. The van der Waals surface area contributed by atoms with Crippen molar-refractivity contribution < 1.29 is 9.59 Å². The van der Waals surface area contributed by atoms with Crippen molar-refractivity contribution >= 4 is 11.6 Å². The van der Waals surface area contributed by atoms with Crippen LogP contribution in [-0.4, -0.2) is 11.6 Å². The van der Waals surface area contributed by atoms with E-state index in [0.29, 0.717) is 6.42 Å². The number of hydrogen-bond acceptors (Lipinski definition) is 2. The normalized spacial score (nSPS) is 34.7. The molecule has 1 saturated carbocycles. The van der Waals surface area contributed by atoms with Crippen LogP contribution < -0.4 is 0 Å². The largest absolute Gasteiger partial charge is 0.300 e. The summed E-state index contributed by atoms with van der Waals surface area (Å²) in [6, 6.07) is 0. The first kappa shape index (κ1) is 10.4. The Morgan fingerprint density at radius 3 is 2.77 bits per heavy atom. The van der Waals surface area contributed by atoms with Gasteiger partial charge in [0.15, 0.2) is 0 Å². The third kappa shape index (κ3) is 2.17. The summed E-state index contributed by atoms with van der Waals surface area (Å²) in [5.41, 5.74) is -0.358. The average Bonchev–Trinajstić information content (AvgIpc) is 1.99. The maximum atomic E-state index is 11.8. The summed E-state index contributed by atoms with van der Waals surface area (Å²) in [4.78, 5) is 22.8. The number of carbonyl (C=O) groups excluding carboxylic acids is 2. The minimum atomic E-state index is -0.358. The van der Waals surface area contributed by atoms with Crippen molar-refractivity contribution in [2.45, 2.75) is 46.5 Å². The van der Waals surface area contributed by atoms with E-state index < -0.39 is 0 Å². The van der Waals surface area contributed by atoms with Crippen molar-refractivity contribution in [3.63, 3.8) is 0 Å². The van der Waals surface area contributed by atoms with Gasteiger partial charge in [0.05, 0.1) is 0 Å². The number of rotatable bonds is 2. The first-order chi connectivity index (χ1) is 5.96. The van der Waals surface area contributed by atoms with Crippen LogP contribution in [-0.2, 0) is 9.59 Å². The lowest BCUT2D eigenvalue weighted by molar-refractivity contribution is -0.138. The molecular weight excluding hydrogens is 164 g/mol. The van der Waals surface area contributed by atoms with E-state index in [1.165, 1.54) is 0 Å². The van der Waals surface area contributed by atoms with E-state index in [1.807, 2.05) is 13.8 Å². The van der Waals surface area contributed by atoms with E-state index in [-0.39, 0.29) is 22.9 Å². The molecule has 0 aromatic heterocycles. The Kier molecular flexibility index (Phi) is 2.89. The zero-order valence-electron chi connectivity index (χ0n) is 8.72. The minimum absolute atomic E-state index is 0.130. The van der Waals surface area contributed by atoms with E-state index >= 15 is 0 Å². The van der Waals surface area contributed by atoms with Crippen molar-refractivity contribution in [2.24, 2.45) is 11.3 Å². The van der Waals surface area contributed by atoms with Crippen molar-refractivity contribution in [1.82, 2.24) is 0 Å². The van der Waals surface area contributed by atoms with Crippen LogP contribution >= 0.6 is 0 Å². The topological polar surface area (TPSA) is 34.1 Å². The van der Waals surface area contributed by atoms with E-state index in [0.717, 1.165) is 19.3 Å². The first-order valence-corrected chi connectivity index (χ1v) is 4.99. The smallest absolute Gasteiger partial charge is 0.141 e. The summed E-state index contributed by atoms with van der Waals surface area (Å²) in [5.74, 6) is 0.567. The number of hydrogen-bond donors (Lipinski definition) is 0. The first-order valence-electron chi connectivity index (χ1n) is 4.99. The molecule has 0 spiro atoms. The second kappa shape index (κ2) is 3.60. The van der Waals surface area contributed by atoms with E-state index in [1.54, 1.807) is 6.92 Å². The summed E-state index contributed by atoms with van der Waals surface area (Å²) < 4.78 is 0. The molecule has 13 heavy (non-hydrogen) atoms. The van der Waals surface area contributed by atoms with Crippen molar-refractivity contribution in [3.8, 4) is 0 Å². The highest BCUT2D eigenvalue weighted by Gasteiger charge is 2.39. The Balaban J connectivity index is 2.75. The van der Waals surface area contributed by atoms with Gasteiger partial charge in [0.25, 0.3) is 0 Å². The van der Waals surface area contributed by atoms with Gasteiger partial charge in [-0.2, -0.15) is 0 Å². The second-order valence-electron chi connectivity index (χ2n) is 4.60. The van der Waals surface area contributed by atoms with Crippen LogP contribution in [0.5, 0.6) is 0 Å². The van der Waals surface area contributed by atoms with E-state index in [4.69, 9.17) is 0 Å².